The van der Waals surface area contributed by atoms with Gasteiger partial charge in [0.25, 0.3) is 5.82 Å². The number of benzene rings is 3. The number of nitrogens with zero attached hydrogens (tertiary/aromatic N) is 3. The summed E-state index contributed by atoms with van der Waals surface area (Å²) in [5, 5.41) is 0. The van der Waals surface area contributed by atoms with Crippen molar-refractivity contribution >= 4 is 22.1 Å². The van der Waals surface area contributed by atoms with Crippen molar-refractivity contribution in [1.29, 1.82) is 0 Å². The monoisotopic (exact) mass is 396 g/mol. The third-order valence-electron chi connectivity index (χ3n) is 5.64. The van der Waals surface area contributed by atoms with E-state index in [-0.39, 0.29) is 5.41 Å². The lowest BCUT2D eigenvalue weighted by Crippen LogP contribution is -2.30. The lowest BCUT2D eigenvalue weighted by Gasteiger charge is -2.11. The average molecular weight is 397 g/mol. The zero-order valence-corrected chi connectivity index (χ0v) is 18.1. The van der Waals surface area contributed by atoms with E-state index < -0.39 is 0 Å². The molecule has 0 aliphatic heterocycles. The number of fused-ring (bicyclic) bond motifs is 2. The first-order valence-electron chi connectivity index (χ1n) is 10.3. The molecule has 5 aromatic rings. The van der Waals surface area contributed by atoms with E-state index >= 15 is 0 Å². The molecule has 0 N–H and O–H groups in total. The molecule has 0 spiro atoms. The van der Waals surface area contributed by atoms with Gasteiger partial charge in [-0.15, -0.1) is 0 Å². The minimum Gasteiger partial charge on any atom is -0.440 e. The Morgan fingerprint density at radius 2 is 1.63 bits per heavy atom. The lowest BCUT2D eigenvalue weighted by molar-refractivity contribution is -0.633. The van der Waals surface area contributed by atoms with E-state index in [4.69, 9.17) is 9.40 Å². The number of hydrogen-bond acceptors (Lipinski definition) is 2. The molecule has 0 aliphatic carbocycles. The summed E-state index contributed by atoms with van der Waals surface area (Å²) in [6.45, 7) is 8.51. The van der Waals surface area contributed by atoms with Gasteiger partial charge in [-0.3, -0.25) is 0 Å². The standard InChI is InChI=1S/C26H26N3O/c1-17-15-23-20(27-25(30-23)26(2,3)4)16-19(17)24-28(5)21-13-9-10-14-22(21)29(24)18-11-7-6-8-12-18/h6-16H,1-5H3/q+1. The van der Waals surface area contributed by atoms with Crippen molar-refractivity contribution in [1.82, 2.24) is 9.55 Å². The Kier molecular flexibility index (Phi) is 4.07. The molecule has 0 fully saturated rings. The maximum atomic E-state index is 6.08. The minimum absolute atomic E-state index is 0.128. The molecule has 0 atom stereocenters. The van der Waals surface area contributed by atoms with Crippen LogP contribution in [0.2, 0.25) is 0 Å². The molecule has 150 valence electrons. The zero-order chi connectivity index (χ0) is 21.0. The Labute approximate surface area is 176 Å². The van der Waals surface area contributed by atoms with Gasteiger partial charge in [0.1, 0.15) is 11.2 Å². The quantitative estimate of drug-likeness (QED) is 0.350. The summed E-state index contributed by atoms with van der Waals surface area (Å²) in [6, 6.07) is 23.3. The molecule has 0 saturated carbocycles. The fourth-order valence-corrected chi connectivity index (χ4v) is 4.09. The molecular formula is C26H26N3O+. The van der Waals surface area contributed by atoms with Crippen molar-refractivity contribution in [3.05, 3.63) is 78.2 Å². The highest BCUT2D eigenvalue weighted by Gasteiger charge is 2.28. The molecule has 30 heavy (non-hydrogen) atoms. The second kappa shape index (κ2) is 6.56. The SMILES string of the molecule is Cc1cc2oc(C(C)(C)C)nc2cc1-c1n(-c2ccccc2)c2ccccc2[n+]1C. The Hall–Kier alpha value is -3.40. The van der Waals surface area contributed by atoms with Crippen molar-refractivity contribution in [3.63, 3.8) is 0 Å². The summed E-state index contributed by atoms with van der Waals surface area (Å²) < 4.78 is 10.7. The predicted molar refractivity (Wildman–Crippen MR) is 121 cm³/mol. The summed E-state index contributed by atoms with van der Waals surface area (Å²) in [7, 11) is 2.13. The van der Waals surface area contributed by atoms with Crippen molar-refractivity contribution in [2.45, 2.75) is 33.1 Å². The molecule has 4 heteroatoms. The molecule has 2 aromatic heterocycles. The molecule has 0 bridgehead atoms. The van der Waals surface area contributed by atoms with Crippen molar-refractivity contribution < 1.29 is 8.98 Å². The number of imidazole rings is 1. The van der Waals surface area contributed by atoms with Crippen LogP contribution in [0, 0.1) is 6.92 Å². The Balaban J connectivity index is 1.84. The highest BCUT2D eigenvalue weighted by atomic mass is 16.3. The van der Waals surface area contributed by atoms with E-state index in [1.165, 1.54) is 11.0 Å². The third kappa shape index (κ3) is 2.83. The molecule has 4 nitrogen and oxygen atoms in total. The largest absolute Gasteiger partial charge is 0.440 e. The van der Waals surface area contributed by atoms with Crippen LogP contribution in [0.15, 0.2) is 71.1 Å². The van der Waals surface area contributed by atoms with E-state index in [0.717, 1.165) is 39.6 Å². The Morgan fingerprint density at radius 1 is 0.933 bits per heavy atom. The fraction of sp³-hybridized carbons (Fsp3) is 0.231. The van der Waals surface area contributed by atoms with Gasteiger partial charge in [-0.05, 0) is 48.9 Å². The van der Waals surface area contributed by atoms with Gasteiger partial charge in [0.15, 0.2) is 16.6 Å². The van der Waals surface area contributed by atoms with Crippen LogP contribution in [0.3, 0.4) is 0 Å². The van der Waals surface area contributed by atoms with Crippen molar-refractivity contribution in [2.75, 3.05) is 0 Å². The van der Waals surface area contributed by atoms with Crippen LogP contribution >= 0.6 is 0 Å². The molecule has 0 unspecified atom stereocenters. The van der Waals surface area contributed by atoms with Gasteiger partial charge in [-0.2, -0.15) is 4.57 Å². The van der Waals surface area contributed by atoms with Gasteiger partial charge in [0, 0.05) is 5.41 Å². The Bertz CT molecular complexity index is 1390. The van der Waals surface area contributed by atoms with E-state index in [1.807, 2.05) is 0 Å². The van der Waals surface area contributed by atoms with Crippen LogP contribution in [0.5, 0.6) is 0 Å². The lowest BCUT2D eigenvalue weighted by atomic mass is 9.97. The average Bonchev–Trinajstić information content (AvgIpc) is 3.27. The number of hydrogen-bond donors (Lipinski definition) is 0. The van der Waals surface area contributed by atoms with Crippen LogP contribution in [0.1, 0.15) is 32.2 Å². The maximum Gasteiger partial charge on any atom is 0.295 e. The number of oxazole rings is 1. The third-order valence-corrected chi connectivity index (χ3v) is 5.64. The summed E-state index contributed by atoms with van der Waals surface area (Å²) in [4.78, 5) is 4.81. The number of para-hydroxylation sites is 3. The molecule has 0 aliphatic rings. The highest BCUT2D eigenvalue weighted by Crippen LogP contribution is 2.33. The molecule has 0 amide bonds. The number of aromatic nitrogens is 3. The minimum atomic E-state index is -0.128. The van der Waals surface area contributed by atoms with Crippen LogP contribution < -0.4 is 4.57 Å². The van der Waals surface area contributed by atoms with Gasteiger partial charge in [-0.1, -0.05) is 51.1 Å². The molecule has 0 radical (unpaired) electrons. The van der Waals surface area contributed by atoms with Crippen molar-refractivity contribution in [3.8, 4) is 17.1 Å². The van der Waals surface area contributed by atoms with Gasteiger partial charge < -0.3 is 4.42 Å². The van der Waals surface area contributed by atoms with E-state index in [0.29, 0.717) is 0 Å². The summed E-state index contributed by atoms with van der Waals surface area (Å²) in [5.41, 5.74) is 7.42. The zero-order valence-electron chi connectivity index (χ0n) is 18.1. The number of rotatable bonds is 2. The van der Waals surface area contributed by atoms with Crippen LogP contribution in [0.4, 0.5) is 0 Å². The van der Waals surface area contributed by atoms with Gasteiger partial charge in [-0.25, -0.2) is 9.55 Å². The second-order valence-corrected chi connectivity index (χ2v) is 8.95. The van der Waals surface area contributed by atoms with E-state index in [9.17, 15) is 0 Å². The smallest absolute Gasteiger partial charge is 0.295 e. The molecular weight excluding hydrogens is 370 g/mol. The first-order chi connectivity index (χ1) is 14.3. The Morgan fingerprint density at radius 3 is 2.37 bits per heavy atom. The van der Waals surface area contributed by atoms with E-state index in [1.54, 1.807) is 0 Å². The summed E-state index contributed by atoms with van der Waals surface area (Å²) in [6.07, 6.45) is 0. The first kappa shape index (κ1) is 18.6. The van der Waals surface area contributed by atoms with E-state index in [2.05, 4.69) is 111 Å². The van der Waals surface area contributed by atoms with Crippen LogP contribution in [-0.2, 0) is 12.5 Å². The van der Waals surface area contributed by atoms with Gasteiger partial charge >= 0.3 is 0 Å². The number of aryl methyl sites for hydroxylation is 2. The first-order valence-corrected chi connectivity index (χ1v) is 10.3. The predicted octanol–water partition coefficient (Wildman–Crippen LogP) is 5.87. The molecule has 3 aromatic carbocycles. The van der Waals surface area contributed by atoms with Gasteiger partial charge in [0.05, 0.1) is 12.6 Å². The molecule has 2 heterocycles. The van der Waals surface area contributed by atoms with Crippen molar-refractivity contribution in [2.24, 2.45) is 7.05 Å². The molecule has 5 rings (SSSR count). The highest BCUT2D eigenvalue weighted by molar-refractivity contribution is 5.84. The van der Waals surface area contributed by atoms with Gasteiger partial charge in [0.2, 0.25) is 5.89 Å². The molecule has 0 saturated heterocycles. The van der Waals surface area contributed by atoms with Crippen LogP contribution in [-0.4, -0.2) is 9.55 Å². The van der Waals surface area contributed by atoms with Crippen LogP contribution in [0.25, 0.3) is 39.2 Å². The topological polar surface area (TPSA) is 34.8 Å². The summed E-state index contributed by atoms with van der Waals surface area (Å²) >= 11 is 0. The normalized spacial score (nSPS) is 12.2. The maximum absolute atomic E-state index is 6.08. The summed E-state index contributed by atoms with van der Waals surface area (Å²) in [5.74, 6) is 1.89. The second-order valence-electron chi connectivity index (χ2n) is 8.95. The fourth-order valence-electron chi connectivity index (χ4n) is 4.09.